The van der Waals surface area contributed by atoms with E-state index in [1.54, 1.807) is 11.3 Å². The van der Waals surface area contributed by atoms with Crippen molar-refractivity contribution in [3.05, 3.63) is 50.4 Å². The molecule has 94 valence electrons. The third-order valence-electron chi connectivity index (χ3n) is 2.31. The molecule has 0 bridgehead atoms. The summed E-state index contributed by atoms with van der Waals surface area (Å²) in [6, 6.07) is 7.77. The molecule has 3 N–H and O–H groups in total. The average molecular weight is 329 g/mol. The van der Waals surface area contributed by atoms with Crippen molar-refractivity contribution in [2.24, 2.45) is 0 Å². The van der Waals surface area contributed by atoms with Crippen LogP contribution in [0.4, 0.5) is 10.1 Å². The Balaban J connectivity index is 2.01. The largest absolute Gasteiger partial charge is 0.396 e. The van der Waals surface area contributed by atoms with Gasteiger partial charge in [-0.3, -0.25) is 4.79 Å². The van der Waals surface area contributed by atoms with Crippen molar-refractivity contribution in [3.63, 3.8) is 0 Å². The molecule has 0 saturated heterocycles. The normalized spacial score (nSPS) is 10.3. The van der Waals surface area contributed by atoms with Gasteiger partial charge >= 0.3 is 0 Å². The van der Waals surface area contributed by atoms with Crippen molar-refractivity contribution in [2.75, 3.05) is 5.73 Å². The third-order valence-corrected chi connectivity index (χ3v) is 3.93. The highest BCUT2D eigenvalue weighted by atomic mass is 79.9. The predicted octanol–water partition coefficient (Wildman–Crippen LogP) is 3.16. The second-order valence-electron chi connectivity index (χ2n) is 3.62. The number of hydrogen-bond donors (Lipinski definition) is 2. The fraction of sp³-hybridized carbons (Fsp3) is 0.0833. The Hall–Kier alpha value is -1.40. The summed E-state index contributed by atoms with van der Waals surface area (Å²) in [4.78, 5) is 12.8. The number of thiophene rings is 1. The van der Waals surface area contributed by atoms with Gasteiger partial charge in [0.25, 0.3) is 5.91 Å². The maximum absolute atomic E-state index is 13.0. The number of benzene rings is 1. The first-order chi connectivity index (χ1) is 8.56. The van der Waals surface area contributed by atoms with Gasteiger partial charge in [-0.15, -0.1) is 11.3 Å². The van der Waals surface area contributed by atoms with E-state index in [-0.39, 0.29) is 11.6 Å². The van der Waals surface area contributed by atoms with Crippen LogP contribution in [0.2, 0.25) is 0 Å². The van der Waals surface area contributed by atoms with Gasteiger partial charge in [0.1, 0.15) is 5.82 Å². The molecular formula is C12H10BrFN2OS. The van der Waals surface area contributed by atoms with Crippen molar-refractivity contribution in [3.8, 4) is 0 Å². The van der Waals surface area contributed by atoms with Crippen LogP contribution in [-0.2, 0) is 6.54 Å². The van der Waals surface area contributed by atoms with E-state index in [0.29, 0.717) is 12.1 Å². The highest BCUT2D eigenvalue weighted by Gasteiger charge is 2.08. The van der Waals surface area contributed by atoms with E-state index in [0.717, 1.165) is 8.66 Å². The van der Waals surface area contributed by atoms with Crippen molar-refractivity contribution in [1.29, 1.82) is 0 Å². The van der Waals surface area contributed by atoms with Crippen LogP contribution in [0.25, 0.3) is 0 Å². The Morgan fingerprint density at radius 1 is 1.39 bits per heavy atom. The molecule has 0 radical (unpaired) electrons. The van der Waals surface area contributed by atoms with Crippen LogP contribution in [0.15, 0.2) is 34.1 Å². The van der Waals surface area contributed by atoms with Crippen LogP contribution < -0.4 is 11.1 Å². The number of carbonyl (C=O) groups excluding carboxylic acids is 1. The summed E-state index contributed by atoms with van der Waals surface area (Å²) in [5.41, 5.74) is 5.73. The summed E-state index contributed by atoms with van der Waals surface area (Å²) in [7, 11) is 0. The number of anilines is 1. The summed E-state index contributed by atoms with van der Waals surface area (Å²) < 4.78 is 14.0. The molecule has 0 aliphatic heterocycles. The van der Waals surface area contributed by atoms with E-state index in [9.17, 15) is 9.18 Å². The van der Waals surface area contributed by atoms with Gasteiger partial charge in [-0.2, -0.15) is 0 Å². The first-order valence-electron chi connectivity index (χ1n) is 5.13. The lowest BCUT2D eigenvalue weighted by molar-refractivity contribution is 0.0951. The zero-order valence-corrected chi connectivity index (χ0v) is 11.6. The molecule has 1 aromatic carbocycles. The number of carbonyl (C=O) groups is 1. The maximum Gasteiger partial charge on any atom is 0.251 e. The smallest absolute Gasteiger partial charge is 0.251 e. The van der Waals surface area contributed by atoms with Crippen molar-refractivity contribution < 1.29 is 9.18 Å². The second-order valence-corrected chi connectivity index (χ2v) is 6.17. The fourth-order valence-electron chi connectivity index (χ4n) is 1.40. The first-order valence-corrected chi connectivity index (χ1v) is 6.74. The lowest BCUT2D eigenvalue weighted by Crippen LogP contribution is -2.22. The van der Waals surface area contributed by atoms with Crippen LogP contribution in [0, 0.1) is 5.82 Å². The van der Waals surface area contributed by atoms with Gasteiger partial charge in [-0.05, 0) is 46.3 Å². The van der Waals surface area contributed by atoms with E-state index in [4.69, 9.17) is 5.73 Å². The highest BCUT2D eigenvalue weighted by molar-refractivity contribution is 9.11. The molecule has 6 heteroatoms. The Morgan fingerprint density at radius 3 is 2.78 bits per heavy atom. The van der Waals surface area contributed by atoms with Crippen LogP contribution >= 0.6 is 27.3 Å². The third kappa shape index (κ3) is 3.08. The molecule has 1 aromatic heterocycles. The van der Waals surface area contributed by atoms with E-state index in [2.05, 4.69) is 21.2 Å². The monoisotopic (exact) mass is 328 g/mol. The fourth-order valence-corrected chi connectivity index (χ4v) is 2.82. The molecule has 3 nitrogen and oxygen atoms in total. The molecule has 0 saturated carbocycles. The summed E-state index contributed by atoms with van der Waals surface area (Å²) in [6.07, 6.45) is 0. The minimum atomic E-state index is -0.520. The molecular weight excluding hydrogens is 319 g/mol. The average Bonchev–Trinajstić information content (AvgIpc) is 2.75. The van der Waals surface area contributed by atoms with Gasteiger partial charge in [0, 0.05) is 10.4 Å². The van der Waals surface area contributed by atoms with E-state index < -0.39 is 5.82 Å². The Kier molecular flexibility index (Phi) is 3.98. The van der Waals surface area contributed by atoms with E-state index in [1.165, 1.54) is 18.2 Å². The zero-order chi connectivity index (χ0) is 13.1. The minimum Gasteiger partial charge on any atom is -0.396 e. The Morgan fingerprint density at radius 2 is 2.17 bits per heavy atom. The van der Waals surface area contributed by atoms with Gasteiger partial charge < -0.3 is 11.1 Å². The van der Waals surface area contributed by atoms with Gasteiger partial charge in [0.15, 0.2) is 0 Å². The summed E-state index contributed by atoms with van der Waals surface area (Å²) in [5.74, 6) is -0.792. The summed E-state index contributed by atoms with van der Waals surface area (Å²) in [5, 5.41) is 2.75. The van der Waals surface area contributed by atoms with Crippen LogP contribution in [0.3, 0.4) is 0 Å². The summed E-state index contributed by atoms with van der Waals surface area (Å²) in [6.45, 7) is 0.437. The van der Waals surface area contributed by atoms with Crippen molar-refractivity contribution >= 4 is 38.9 Å². The Labute approximate surface area is 116 Å². The van der Waals surface area contributed by atoms with Crippen molar-refractivity contribution in [1.82, 2.24) is 5.32 Å². The van der Waals surface area contributed by atoms with Crippen LogP contribution in [0.1, 0.15) is 15.2 Å². The molecule has 1 heterocycles. The van der Waals surface area contributed by atoms with Gasteiger partial charge in [0.05, 0.1) is 16.0 Å². The number of nitrogens with two attached hydrogens (primary N) is 1. The first kappa shape index (κ1) is 13.0. The molecule has 0 aliphatic carbocycles. The topological polar surface area (TPSA) is 55.1 Å². The highest BCUT2D eigenvalue weighted by Crippen LogP contribution is 2.21. The molecule has 0 spiro atoms. The van der Waals surface area contributed by atoms with Gasteiger partial charge in [-0.25, -0.2) is 4.39 Å². The number of halogens is 2. The van der Waals surface area contributed by atoms with E-state index >= 15 is 0 Å². The van der Waals surface area contributed by atoms with Gasteiger partial charge in [0.2, 0.25) is 0 Å². The lowest BCUT2D eigenvalue weighted by Gasteiger charge is -2.05. The number of amides is 1. The molecule has 0 atom stereocenters. The zero-order valence-electron chi connectivity index (χ0n) is 9.24. The van der Waals surface area contributed by atoms with Crippen LogP contribution in [0.5, 0.6) is 0 Å². The molecule has 0 fully saturated rings. The number of rotatable bonds is 3. The van der Waals surface area contributed by atoms with Crippen LogP contribution in [-0.4, -0.2) is 5.91 Å². The predicted molar refractivity (Wildman–Crippen MR) is 74.0 cm³/mol. The Bertz CT molecular complexity index is 585. The molecule has 18 heavy (non-hydrogen) atoms. The molecule has 1 amide bonds. The molecule has 0 unspecified atom stereocenters. The number of hydrogen-bond acceptors (Lipinski definition) is 3. The number of nitrogens with one attached hydrogen (secondary N) is 1. The SMILES string of the molecule is Nc1cc(C(=O)NCc2ccc(Br)s2)ccc1F. The second kappa shape index (κ2) is 5.49. The maximum atomic E-state index is 13.0. The number of nitrogen functional groups attached to an aromatic ring is 1. The lowest BCUT2D eigenvalue weighted by atomic mass is 10.2. The quantitative estimate of drug-likeness (QED) is 0.850. The van der Waals surface area contributed by atoms with Crippen molar-refractivity contribution in [2.45, 2.75) is 6.54 Å². The summed E-state index contributed by atoms with van der Waals surface area (Å²) >= 11 is 4.90. The standard InChI is InChI=1S/C12H10BrFN2OS/c13-11-4-2-8(18-11)6-16-12(17)7-1-3-9(14)10(15)5-7/h1-5H,6,15H2,(H,16,17). The minimum absolute atomic E-state index is 0.0264. The van der Waals surface area contributed by atoms with Gasteiger partial charge in [-0.1, -0.05) is 0 Å². The molecule has 2 rings (SSSR count). The van der Waals surface area contributed by atoms with E-state index in [1.807, 2.05) is 12.1 Å². The molecule has 0 aliphatic rings. The molecule has 2 aromatic rings.